The summed E-state index contributed by atoms with van der Waals surface area (Å²) in [7, 11) is 0. The molecule has 1 aromatic heterocycles. The molecule has 0 aliphatic carbocycles. The molecule has 1 heterocycles. The molecule has 0 saturated heterocycles. The summed E-state index contributed by atoms with van der Waals surface area (Å²) in [6, 6.07) is 7.51. The molecule has 0 aliphatic heterocycles. The van der Waals surface area contributed by atoms with Crippen molar-refractivity contribution < 1.29 is 9.59 Å². The number of aryl methyl sites for hydroxylation is 1. The van der Waals surface area contributed by atoms with E-state index in [1.165, 1.54) is 17.8 Å². The minimum absolute atomic E-state index is 0.0287. The van der Waals surface area contributed by atoms with Gasteiger partial charge in [0.15, 0.2) is 5.82 Å². The summed E-state index contributed by atoms with van der Waals surface area (Å²) < 4.78 is 1.36. The summed E-state index contributed by atoms with van der Waals surface area (Å²) in [6.45, 7) is 3.32. The van der Waals surface area contributed by atoms with Gasteiger partial charge in [-0.15, -0.1) is 5.10 Å². The van der Waals surface area contributed by atoms with Crippen molar-refractivity contribution in [1.82, 2.24) is 15.0 Å². The first-order valence-electron chi connectivity index (χ1n) is 6.08. The predicted octanol–water partition coefficient (Wildman–Crippen LogP) is 1.18. The highest BCUT2D eigenvalue weighted by Crippen LogP contribution is 2.13. The zero-order valence-corrected chi connectivity index (χ0v) is 11.3. The third-order valence-corrected chi connectivity index (χ3v) is 2.57. The van der Waals surface area contributed by atoms with E-state index in [2.05, 4.69) is 20.9 Å². The van der Waals surface area contributed by atoms with Crippen molar-refractivity contribution in [3.05, 3.63) is 36.0 Å². The average Bonchev–Trinajstić information content (AvgIpc) is 2.78. The van der Waals surface area contributed by atoms with Crippen LogP contribution in [0.15, 0.2) is 30.5 Å². The van der Waals surface area contributed by atoms with Gasteiger partial charge in [-0.2, -0.15) is 0 Å². The highest BCUT2D eigenvalue weighted by molar-refractivity contribution is 5.91. The molecule has 20 heavy (non-hydrogen) atoms. The lowest BCUT2D eigenvalue weighted by Gasteiger charge is -2.07. The summed E-state index contributed by atoms with van der Waals surface area (Å²) in [5, 5.41) is 12.8. The Bertz CT molecular complexity index is 635. The molecule has 0 radical (unpaired) electrons. The zero-order chi connectivity index (χ0) is 14.5. The molecule has 0 fully saturated rings. The smallest absolute Gasteiger partial charge is 0.246 e. The van der Waals surface area contributed by atoms with Crippen LogP contribution in [-0.4, -0.2) is 26.8 Å². The summed E-state index contributed by atoms with van der Waals surface area (Å²) >= 11 is 0. The summed E-state index contributed by atoms with van der Waals surface area (Å²) in [4.78, 5) is 22.7. The lowest BCUT2D eigenvalue weighted by Crippen LogP contribution is -2.19. The van der Waals surface area contributed by atoms with Crippen molar-refractivity contribution in [1.29, 1.82) is 0 Å². The molecule has 0 unspecified atom stereocenters. The second kappa shape index (κ2) is 5.96. The van der Waals surface area contributed by atoms with Crippen LogP contribution >= 0.6 is 0 Å². The van der Waals surface area contributed by atoms with Crippen molar-refractivity contribution in [3.63, 3.8) is 0 Å². The van der Waals surface area contributed by atoms with E-state index in [0.29, 0.717) is 5.82 Å². The molecule has 0 bridgehead atoms. The fourth-order valence-corrected chi connectivity index (χ4v) is 1.66. The number of carbonyl (C=O) groups excluding carboxylic acids is 2. The number of para-hydroxylation sites is 1. The number of anilines is 2. The molecule has 2 N–H and O–H groups in total. The van der Waals surface area contributed by atoms with E-state index in [-0.39, 0.29) is 18.4 Å². The molecule has 7 nitrogen and oxygen atoms in total. The first kappa shape index (κ1) is 13.7. The van der Waals surface area contributed by atoms with Gasteiger partial charge >= 0.3 is 0 Å². The van der Waals surface area contributed by atoms with Gasteiger partial charge in [0, 0.05) is 12.6 Å². The standard InChI is InChI=1S/C13H15N5O2/c1-9-5-3-4-6-11(9)15-13(20)8-18-7-12(16-17-18)14-10(2)19/h3-7H,8H2,1-2H3,(H,14,19)(H,15,20). The minimum Gasteiger partial charge on any atom is -0.324 e. The third kappa shape index (κ3) is 3.64. The number of benzene rings is 1. The zero-order valence-electron chi connectivity index (χ0n) is 11.3. The lowest BCUT2D eigenvalue weighted by atomic mass is 10.2. The van der Waals surface area contributed by atoms with Crippen molar-refractivity contribution in [2.75, 3.05) is 10.6 Å². The number of aromatic nitrogens is 3. The summed E-state index contributed by atoms with van der Waals surface area (Å²) in [6.07, 6.45) is 1.50. The Kier molecular flexibility index (Phi) is 4.09. The van der Waals surface area contributed by atoms with Crippen LogP contribution in [0.4, 0.5) is 11.5 Å². The van der Waals surface area contributed by atoms with Crippen LogP contribution < -0.4 is 10.6 Å². The number of nitrogens with one attached hydrogen (secondary N) is 2. The summed E-state index contributed by atoms with van der Waals surface area (Å²) in [5.74, 6) is -0.124. The molecule has 0 aliphatic rings. The van der Waals surface area contributed by atoms with Gasteiger partial charge in [-0.25, -0.2) is 4.68 Å². The second-order valence-electron chi connectivity index (χ2n) is 4.35. The molecule has 0 spiro atoms. The number of amides is 2. The van der Waals surface area contributed by atoms with Crippen molar-refractivity contribution in [3.8, 4) is 0 Å². The molecule has 7 heteroatoms. The molecular formula is C13H15N5O2. The normalized spacial score (nSPS) is 10.1. The molecule has 0 saturated carbocycles. The lowest BCUT2D eigenvalue weighted by molar-refractivity contribution is -0.117. The number of rotatable bonds is 4. The molecule has 1 aromatic carbocycles. The van der Waals surface area contributed by atoms with Crippen molar-refractivity contribution in [2.45, 2.75) is 20.4 Å². The number of hydrogen-bond acceptors (Lipinski definition) is 4. The van der Waals surface area contributed by atoms with E-state index in [9.17, 15) is 9.59 Å². The quantitative estimate of drug-likeness (QED) is 0.875. The largest absolute Gasteiger partial charge is 0.324 e. The Morgan fingerprint density at radius 2 is 2.00 bits per heavy atom. The first-order valence-corrected chi connectivity index (χ1v) is 6.08. The van der Waals surface area contributed by atoms with Gasteiger partial charge in [-0.1, -0.05) is 23.4 Å². The van der Waals surface area contributed by atoms with E-state index in [1.54, 1.807) is 0 Å². The third-order valence-electron chi connectivity index (χ3n) is 2.57. The fourth-order valence-electron chi connectivity index (χ4n) is 1.66. The maximum Gasteiger partial charge on any atom is 0.246 e. The van der Waals surface area contributed by atoms with Crippen LogP contribution in [0.25, 0.3) is 0 Å². The average molecular weight is 273 g/mol. The highest BCUT2D eigenvalue weighted by Gasteiger charge is 2.08. The Hall–Kier alpha value is -2.70. The van der Waals surface area contributed by atoms with Crippen LogP contribution in [0.1, 0.15) is 12.5 Å². The Morgan fingerprint density at radius 1 is 1.25 bits per heavy atom. The maximum atomic E-state index is 11.9. The Morgan fingerprint density at radius 3 is 2.70 bits per heavy atom. The monoisotopic (exact) mass is 273 g/mol. The van der Waals surface area contributed by atoms with Gasteiger partial charge < -0.3 is 10.6 Å². The van der Waals surface area contributed by atoms with Crippen LogP contribution in [0, 0.1) is 6.92 Å². The van der Waals surface area contributed by atoms with Gasteiger partial charge in [-0.05, 0) is 18.6 Å². The molecule has 0 atom stereocenters. The molecule has 2 aromatic rings. The molecule has 2 amide bonds. The predicted molar refractivity (Wildman–Crippen MR) is 74.1 cm³/mol. The number of nitrogens with zero attached hydrogens (tertiary/aromatic N) is 3. The Labute approximate surface area is 116 Å². The van der Waals surface area contributed by atoms with Crippen LogP contribution in [0.3, 0.4) is 0 Å². The van der Waals surface area contributed by atoms with Crippen molar-refractivity contribution in [2.24, 2.45) is 0 Å². The SMILES string of the molecule is CC(=O)Nc1cn(CC(=O)Nc2ccccc2C)nn1. The van der Waals surface area contributed by atoms with E-state index in [0.717, 1.165) is 11.3 Å². The molecule has 104 valence electrons. The van der Waals surface area contributed by atoms with E-state index in [1.807, 2.05) is 31.2 Å². The molecular weight excluding hydrogens is 258 g/mol. The topological polar surface area (TPSA) is 88.9 Å². The van der Waals surface area contributed by atoms with Crippen LogP contribution in [0.5, 0.6) is 0 Å². The van der Waals surface area contributed by atoms with E-state index in [4.69, 9.17) is 0 Å². The van der Waals surface area contributed by atoms with Gasteiger partial charge in [0.25, 0.3) is 0 Å². The van der Waals surface area contributed by atoms with E-state index < -0.39 is 0 Å². The number of hydrogen-bond donors (Lipinski definition) is 2. The Balaban J connectivity index is 1.96. The van der Waals surface area contributed by atoms with Gasteiger partial charge in [-0.3, -0.25) is 9.59 Å². The minimum atomic E-state index is -0.235. The number of carbonyl (C=O) groups is 2. The first-order chi connectivity index (χ1) is 9.54. The van der Waals surface area contributed by atoms with Gasteiger partial charge in [0.05, 0.1) is 6.20 Å². The molecule has 2 rings (SSSR count). The van der Waals surface area contributed by atoms with Gasteiger partial charge in [0.1, 0.15) is 6.54 Å². The summed E-state index contributed by atoms with van der Waals surface area (Å²) in [5.41, 5.74) is 1.75. The highest BCUT2D eigenvalue weighted by atomic mass is 16.2. The van der Waals surface area contributed by atoms with E-state index >= 15 is 0 Å². The van der Waals surface area contributed by atoms with Gasteiger partial charge in [0.2, 0.25) is 11.8 Å². The van der Waals surface area contributed by atoms with Crippen LogP contribution in [-0.2, 0) is 16.1 Å². The van der Waals surface area contributed by atoms with Crippen LogP contribution in [0.2, 0.25) is 0 Å². The maximum absolute atomic E-state index is 11.9. The second-order valence-corrected chi connectivity index (χ2v) is 4.35. The van der Waals surface area contributed by atoms with Crippen molar-refractivity contribution >= 4 is 23.3 Å². The fraction of sp³-hybridized carbons (Fsp3) is 0.231.